The van der Waals surface area contributed by atoms with Crippen molar-refractivity contribution in [2.75, 3.05) is 51.8 Å². The molecule has 1 aliphatic heterocycles. The first-order valence-electron chi connectivity index (χ1n) is 9.58. The molecule has 27 heavy (non-hydrogen) atoms. The molecule has 0 saturated carbocycles. The number of hydrogen-bond donors (Lipinski definition) is 0. The van der Waals surface area contributed by atoms with E-state index >= 15 is 0 Å². The lowest BCUT2D eigenvalue weighted by molar-refractivity contribution is -0.134. The standard InChI is InChI=1S/C22H29N3O2/c1-4-27-20-13-9-8-12-19(20)24-14-16-25(17-15-24)21(22(26)23(2)3)18-10-6-5-7-11-18/h5-13,21H,4,14-17H2,1-3H3/t21-/m1/s1. The van der Waals surface area contributed by atoms with E-state index in [2.05, 4.69) is 15.9 Å². The molecule has 3 rings (SSSR count). The molecule has 5 heteroatoms. The number of rotatable bonds is 6. The highest BCUT2D eigenvalue weighted by atomic mass is 16.5. The van der Waals surface area contributed by atoms with E-state index in [0.29, 0.717) is 6.61 Å². The predicted molar refractivity (Wildman–Crippen MR) is 109 cm³/mol. The number of ether oxygens (including phenoxy) is 1. The highest BCUT2D eigenvalue weighted by Crippen LogP contribution is 2.31. The Labute approximate surface area is 162 Å². The van der Waals surface area contributed by atoms with Gasteiger partial charge in [-0.2, -0.15) is 0 Å². The van der Waals surface area contributed by atoms with Crippen LogP contribution < -0.4 is 9.64 Å². The third-order valence-corrected chi connectivity index (χ3v) is 4.98. The molecule has 1 fully saturated rings. The maximum absolute atomic E-state index is 12.9. The van der Waals surface area contributed by atoms with Gasteiger partial charge in [-0.05, 0) is 24.6 Å². The maximum Gasteiger partial charge on any atom is 0.244 e. The Kier molecular flexibility index (Phi) is 6.35. The summed E-state index contributed by atoms with van der Waals surface area (Å²) in [5, 5.41) is 0. The number of para-hydroxylation sites is 2. The second kappa shape index (κ2) is 8.91. The van der Waals surface area contributed by atoms with Crippen LogP contribution in [0.3, 0.4) is 0 Å². The number of carbonyl (C=O) groups is 1. The van der Waals surface area contributed by atoms with Gasteiger partial charge in [-0.3, -0.25) is 9.69 Å². The van der Waals surface area contributed by atoms with Gasteiger partial charge in [0.15, 0.2) is 0 Å². The molecule has 5 nitrogen and oxygen atoms in total. The van der Waals surface area contributed by atoms with E-state index in [4.69, 9.17) is 4.74 Å². The Bertz CT molecular complexity index is 740. The van der Waals surface area contributed by atoms with Crippen molar-refractivity contribution in [3.63, 3.8) is 0 Å². The van der Waals surface area contributed by atoms with Gasteiger partial charge >= 0.3 is 0 Å². The van der Waals surface area contributed by atoms with Crippen molar-refractivity contribution in [1.29, 1.82) is 0 Å². The SMILES string of the molecule is CCOc1ccccc1N1CCN([C@@H](C(=O)N(C)C)c2ccccc2)CC1. The zero-order chi connectivity index (χ0) is 19.2. The number of nitrogens with zero attached hydrogens (tertiary/aromatic N) is 3. The minimum Gasteiger partial charge on any atom is -0.492 e. The molecule has 2 aromatic rings. The van der Waals surface area contributed by atoms with Crippen LogP contribution in [-0.2, 0) is 4.79 Å². The molecule has 1 atom stereocenters. The van der Waals surface area contributed by atoms with Crippen molar-refractivity contribution < 1.29 is 9.53 Å². The van der Waals surface area contributed by atoms with Gasteiger partial charge in [-0.25, -0.2) is 0 Å². The summed E-state index contributed by atoms with van der Waals surface area (Å²) in [6, 6.07) is 18.0. The van der Waals surface area contributed by atoms with Crippen LogP contribution in [-0.4, -0.2) is 62.6 Å². The van der Waals surface area contributed by atoms with Crippen molar-refractivity contribution in [3.05, 3.63) is 60.2 Å². The quantitative estimate of drug-likeness (QED) is 0.786. The second-order valence-corrected chi connectivity index (χ2v) is 6.97. The van der Waals surface area contributed by atoms with Crippen LogP contribution in [0.15, 0.2) is 54.6 Å². The molecule has 0 N–H and O–H groups in total. The normalized spacial score (nSPS) is 16.0. The van der Waals surface area contributed by atoms with Crippen LogP contribution in [0.1, 0.15) is 18.5 Å². The van der Waals surface area contributed by atoms with E-state index in [0.717, 1.165) is 43.2 Å². The number of piperazine rings is 1. The Hall–Kier alpha value is -2.53. The number of amides is 1. The van der Waals surface area contributed by atoms with Crippen molar-refractivity contribution in [2.45, 2.75) is 13.0 Å². The Morgan fingerprint density at radius 2 is 1.63 bits per heavy atom. The summed E-state index contributed by atoms with van der Waals surface area (Å²) in [6.45, 7) is 6.07. The van der Waals surface area contributed by atoms with E-state index in [1.165, 1.54) is 0 Å². The fourth-order valence-corrected chi connectivity index (χ4v) is 3.61. The summed E-state index contributed by atoms with van der Waals surface area (Å²) in [6.07, 6.45) is 0. The molecule has 0 spiro atoms. The average Bonchev–Trinajstić information content (AvgIpc) is 2.70. The Morgan fingerprint density at radius 3 is 2.26 bits per heavy atom. The molecular formula is C22H29N3O2. The third-order valence-electron chi connectivity index (χ3n) is 4.98. The monoisotopic (exact) mass is 367 g/mol. The van der Waals surface area contributed by atoms with E-state index in [1.54, 1.807) is 4.90 Å². The van der Waals surface area contributed by atoms with Gasteiger partial charge < -0.3 is 14.5 Å². The van der Waals surface area contributed by atoms with Gasteiger partial charge in [0.05, 0.1) is 12.3 Å². The zero-order valence-electron chi connectivity index (χ0n) is 16.5. The van der Waals surface area contributed by atoms with Crippen LogP contribution in [0.2, 0.25) is 0 Å². The van der Waals surface area contributed by atoms with Crippen LogP contribution >= 0.6 is 0 Å². The largest absolute Gasteiger partial charge is 0.492 e. The lowest BCUT2D eigenvalue weighted by Gasteiger charge is -2.40. The summed E-state index contributed by atoms with van der Waals surface area (Å²) in [5.41, 5.74) is 2.19. The molecule has 0 radical (unpaired) electrons. The lowest BCUT2D eigenvalue weighted by Crippen LogP contribution is -2.51. The number of carbonyl (C=O) groups excluding carboxylic acids is 1. The molecule has 1 amide bonds. The summed E-state index contributed by atoms with van der Waals surface area (Å²) < 4.78 is 5.79. The van der Waals surface area contributed by atoms with Gasteiger partial charge in [0, 0.05) is 40.3 Å². The fourth-order valence-electron chi connectivity index (χ4n) is 3.61. The lowest BCUT2D eigenvalue weighted by atomic mass is 10.0. The van der Waals surface area contributed by atoms with Gasteiger partial charge in [-0.15, -0.1) is 0 Å². The first-order valence-corrected chi connectivity index (χ1v) is 9.58. The molecule has 1 aliphatic rings. The van der Waals surface area contributed by atoms with Crippen LogP contribution in [0.4, 0.5) is 5.69 Å². The highest BCUT2D eigenvalue weighted by Gasteiger charge is 2.31. The van der Waals surface area contributed by atoms with Crippen LogP contribution in [0.5, 0.6) is 5.75 Å². The number of anilines is 1. The first kappa shape index (κ1) is 19.2. The molecule has 1 saturated heterocycles. The summed E-state index contributed by atoms with van der Waals surface area (Å²) >= 11 is 0. The van der Waals surface area contributed by atoms with E-state index in [1.807, 2.05) is 69.6 Å². The molecule has 0 unspecified atom stereocenters. The van der Waals surface area contributed by atoms with E-state index in [-0.39, 0.29) is 11.9 Å². The molecule has 2 aromatic carbocycles. The summed E-state index contributed by atoms with van der Waals surface area (Å²) in [4.78, 5) is 19.2. The summed E-state index contributed by atoms with van der Waals surface area (Å²) in [5.74, 6) is 1.06. The molecule has 0 bridgehead atoms. The second-order valence-electron chi connectivity index (χ2n) is 6.97. The molecule has 0 aliphatic carbocycles. The fraction of sp³-hybridized carbons (Fsp3) is 0.409. The molecular weight excluding hydrogens is 338 g/mol. The van der Waals surface area contributed by atoms with Crippen molar-refractivity contribution in [2.24, 2.45) is 0 Å². The molecule has 0 aromatic heterocycles. The van der Waals surface area contributed by atoms with Gasteiger partial charge in [0.1, 0.15) is 11.8 Å². The number of likely N-dealkylation sites (N-methyl/N-ethyl adjacent to an activating group) is 1. The van der Waals surface area contributed by atoms with Gasteiger partial charge in [0.2, 0.25) is 5.91 Å². The van der Waals surface area contributed by atoms with E-state index < -0.39 is 0 Å². The summed E-state index contributed by atoms with van der Waals surface area (Å²) in [7, 11) is 3.65. The topological polar surface area (TPSA) is 36.0 Å². The zero-order valence-corrected chi connectivity index (χ0v) is 16.5. The minimum atomic E-state index is -0.231. The van der Waals surface area contributed by atoms with Crippen LogP contribution in [0, 0.1) is 0 Å². The Morgan fingerprint density at radius 1 is 1.00 bits per heavy atom. The van der Waals surface area contributed by atoms with E-state index in [9.17, 15) is 4.79 Å². The van der Waals surface area contributed by atoms with Crippen LogP contribution in [0.25, 0.3) is 0 Å². The predicted octanol–water partition coefficient (Wildman–Crippen LogP) is 3.04. The number of benzene rings is 2. The molecule has 144 valence electrons. The maximum atomic E-state index is 12.9. The van der Waals surface area contributed by atoms with Gasteiger partial charge in [0.25, 0.3) is 0 Å². The first-order chi connectivity index (χ1) is 13.1. The third kappa shape index (κ3) is 4.42. The van der Waals surface area contributed by atoms with Crippen molar-refractivity contribution in [3.8, 4) is 5.75 Å². The highest BCUT2D eigenvalue weighted by molar-refractivity contribution is 5.83. The van der Waals surface area contributed by atoms with Gasteiger partial charge in [-0.1, -0.05) is 42.5 Å². The average molecular weight is 367 g/mol. The molecule has 1 heterocycles. The Balaban J connectivity index is 1.76. The van der Waals surface area contributed by atoms with Crippen molar-refractivity contribution >= 4 is 11.6 Å². The smallest absolute Gasteiger partial charge is 0.244 e. The number of hydrogen-bond acceptors (Lipinski definition) is 4. The minimum absolute atomic E-state index is 0.129. The van der Waals surface area contributed by atoms with Crippen molar-refractivity contribution in [1.82, 2.24) is 9.80 Å².